The maximum Gasteiger partial charge on any atom is 0.416 e. The van der Waals surface area contributed by atoms with Crippen molar-refractivity contribution in [3.8, 4) is 0 Å². The first-order valence-electron chi connectivity index (χ1n) is 10.7. The summed E-state index contributed by atoms with van der Waals surface area (Å²) >= 11 is 0. The number of hydrogen-bond donors (Lipinski definition) is 2. The smallest absolute Gasteiger partial charge is 0.342 e. The standard InChI is InChI=1S/C24H26F3N3O3/c1-15(2)23(33)30-11-9-16(10-12-30)21(31)28-19-7-3-5-17(13-19)22(32)29-20-8-4-6-18(14-20)24(25,26)27/h3-8,13-16H,9-12H2,1-2H3,(H,28,31)(H,29,32). The van der Waals surface area contributed by atoms with Gasteiger partial charge in [0.25, 0.3) is 5.91 Å². The Bertz CT molecular complexity index is 1030. The van der Waals surface area contributed by atoms with Gasteiger partial charge < -0.3 is 15.5 Å². The van der Waals surface area contributed by atoms with Crippen LogP contribution in [0.2, 0.25) is 0 Å². The minimum atomic E-state index is -4.51. The molecule has 1 aliphatic rings. The lowest BCUT2D eigenvalue weighted by Crippen LogP contribution is -2.43. The first kappa shape index (κ1) is 24.3. The Kier molecular flexibility index (Phi) is 7.40. The lowest BCUT2D eigenvalue weighted by atomic mass is 9.95. The molecule has 9 heteroatoms. The van der Waals surface area contributed by atoms with Gasteiger partial charge in [0, 0.05) is 41.9 Å². The molecule has 176 valence electrons. The van der Waals surface area contributed by atoms with Crippen molar-refractivity contribution in [3.63, 3.8) is 0 Å². The molecule has 0 bridgehead atoms. The van der Waals surface area contributed by atoms with Gasteiger partial charge in [-0.2, -0.15) is 13.2 Å². The van der Waals surface area contributed by atoms with Crippen LogP contribution in [0.15, 0.2) is 48.5 Å². The van der Waals surface area contributed by atoms with Gasteiger partial charge in [0.2, 0.25) is 11.8 Å². The number of benzene rings is 2. The molecular formula is C24H26F3N3O3. The van der Waals surface area contributed by atoms with Crippen LogP contribution in [0.25, 0.3) is 0 Å². The van der Waals surface area contributed by atoms with E-state index in [4.69, 9.17) is 0 Å². The average molecular weight is 461 g/mol. The van der Waals surface area contributed by atoms with Crippen molar-refractivity contribution in [2.24, 2.45) is 11.8 Å². The minimum Gasteiger partial charge on any atom is -0.342 e. The van der Waals surface area contributed by atoms with Gasteiger partial charge in [-0.1, -0.05) is 26.0 Å². The van der Waals surface area contributed by atoms with Crippen molar-refractivity contribution in [1.82, 2.24) is 4.90 Å². The van der Waals surface area contributed by atoms with E-state index in [1.807, 2.05) is 13.8 Å². The Morgan fingerprint density at radius 3 is 2.15 bits per heavy atom. The highest BCUT2D eigenvalue weighted by Gasteiger charge is 2.31. The summed E-state index contributed by atoms with van der Waals surface area (Å²) in [5, 5.41) is 5.25. The lowest BCUT2D eigenvalue weighted by Gasteiger charge is -2.32. The van der Waals surface area contributed by atoms with Crippen LogP contribution in [0.1, 0.15) is 42.6 Å². The molecule has 33 heavy (non-hydrogen) atoms. The maximum absolute atomic E-state index is 12.9. The molecule has 0 atom stereocenters. The number of halogens is 3. The van der Waals surface area contributed by atoms with Crippen LogP contribution in [0.4, 0.5) is 24.5 Å². The van der Waals surface area contributed by atoms with Gasteiger partial charge in [-0.05, 0) is 49.2 Å². The van der Waals surface area contributed by atoms with Crippen molar-refractivity contribution in [2.45, 2.75) is 32.9 Å². The highest BCUT2D eigenvalue weighted by atomic mass is 19.4. The summed E-state index contributed by atoms with van der Waals surface area (Å²) in [4.78, 5) is 39.1. The molecule has 1 saturated heterocycles. The van der Waals surface area contributed by atoms with Crippen LogP contribution in [0.3, 0.4) is 0 Å². The third-order valence-corrected chi connectivity index (χ3v) is 5.51. The van der Waals surface area contributed by atoms with Crippen molar-refractivity contribution >= 4 is 29.1 Å². The van der Waals surface area contributed by atoms with Crippen molar-refractivity contribution in [2.75, 3.05) is 23.7 Å². The predicted octanol–water partition coefficient (Wildman–Crippen LogP) is 4.79. The molecule has 3 rings (SSSR count). The molecule has 0 saturated carbocycles. The Hall–Kier alpha value is -3.36. The molecule has 0 unspecified atom stereocenters. The number of alkyl halides is 3. The highest BCUT2D eigenvalue weighted by molar-refractivity contribution is 6.05. The largest absolute Gasteiger partial charge is 0.416 e. The number of likely N-dealkylation sites (tertiary alicyclic amines) is 1. The molecule has 1 heterocycles. The highest BCUT2D eigenvalue weighted by Crippen LogP contribution is 2.30. The molecule has 0 aromatic heterocycles. The Morgan fingerprint density at radius 1 is 0.939 bits per heavy atom. The van der Waals surface area contributed by atoms with Crippen LogP contribution in [-0.2, 0) is 15.8 Å². The number of hydrogen-bond acceptors (Lipinski definition) is 3. The Morgan fingerprint density at radius 2 is 1.55 bits per heavy atom. The minimum absolute atomic E-state index is 0.0203. The van der Waals surface area contributed by atoms with E-state index in [9.17, 15) is 27.6 Å². The normalized spacial score (nSPS) is 14.8. The number of nitrogens with zero attached hydrogens (tertiary/aromatic N) is 1. The number of anilines is 2. The second-order valence-electron chi connectivity index (χ2n) is 8.36. The van der Waals surface area contributed by atoms with Crippen molar-refractivity contribution < 1.29 is 27.6 Å². The van der Waals surface area contributed by atoms with Crippen LogP contribution in [0.5, 0.6) is 0 Å². The summed E-state index contributed by atoms with van der Waals surface area (Å²) < 4.78 is 38.6. The topological polar surface area (TPSA) is 78.5 Å². The second kappa shape index (κ2) is 10.1. The van der Waals surface area contributed by atoms with Gasteiger partial charge >= 0.3 is 6.18 Å². The third-order valence-electron chi connectivity index (χ3n) is 5.51. The van der Waals surface area contributed by atoms with E-state index < -0.39 is 17.6 Å². The predicted molar refractivity (Wildman–Crippen MR) is 119 cm³/mol. The quantitative estimate of drug-likeness (QED) is 0.672. The number of rotatable bonds is 5. The molecule has 1 fully saturated rings. The van der Waals surface area contributed by atoms with E-state index in [2.05, 4.69) is 10.6 Å². The molecule has 2 N–H and O–H groups in total. The molecule has 0 aliphatic carbocycles. The zero-order valence-electron chi connectivity index (χ0n) is 18.4. The third kappa shape index (κ3) is 6.34. The number of carbonyl (C=O) groups is 3. The van der Waals surface area contributed by atoms with Gasteiger partial charge in [0.05, 0.1) is 5.56 Å². The first-order valence-corrected chi connectivity index (χ1v) is 10.7. The number of carbonyl (C=O) groups excluding carboxylic acids is 3. The molecule has 2 aromatic carbocycles. The van der Waals surface area contributed by atoms with Gasteiger partial charge in [-0.3, -0.25) is 14.4 Å². The van der Waals surface area contributed by atoms with E-state index >= 15 is 0 Å². The molecule has 3 amide bonds. The molecule has 0 spiro atoms. The number of amides is 3. The first-order chi connectivity index (χ1) is 15.5. The number of piperidine rings is 1. The maximum atomic E-state index is 12.9. The molecule has 1 aliphatic heterocycles. The van der Waals surface area contributed by atoms with Crippen LogP contribution >= 0.6 is 0 Å². The summed E-state index contributed by atoms with van der Waals surface area (Å²) in [7, 11) is 0. The zero-order valence-corrected chi connectivity index (χ0v) is 18.4. The zero-order chi connectivity index (χ0) is 24.2. The second-order valence-corrected chi connectivity index (χ2v) is 8.36. The fourth-order valence-corrected chi connectivity index (χ4v) is 3.69. The van der Waals surface area contributed by atoms with Gasteiger partial charge in [-0.15, -0.1) is 0 Å². The van der Waals surface area contributed by atoms with Crippen LogP contribution in [0, 0.1) is 11.8 Å². The van der Waals surface area contributed by atoms with E-state index in [0.29, 0.717) is 31.6 Å². The lowest BCUT2D eigenvalue weighted by molar-refractivity contribution is -0.138. The molecule has 2 aromatic rings. The monoisotopic (exact) mass is 461 g/mol. The summed E-state index contributed by atoms with van der Waals surface area (Å²) in [6.07, 6.45) is -3.40. The number of nitrogens with one attached hydrogen (secondary N) is 2. The summed E-state index contributed by atoms with van der Waals surface area (Å²) in [5.41, 5.74) is -0.227. The van der Waals surface area contributed by atoms with E-state index in [1.165, 1.54) is 24.3 Å². The van der Waals surface area contributed by atoms with Gasteiger partial charge in [0.15, 0.2) is 0 Å². The van der Waals surface area contributed by atoms with E-state index in [0.717, 1.165) is 12.1 Å². The molecular weight excluding hydrogens is 435 g/mol. The molecule has 0 radical (unpaired) electrons. The van der Waals surface area contributed by atoms with E-state index in [1.54, 1.807) is 17.0 Å². The SMILES string of the molecule is CC(C)C(=O)N1CCC(C(=O)Nc2cccc(C(=O)Nc3cccc(C(F)(F)F)c3)c2)CC1. The summed E-state index contributed by atoms with van der Waals surface area (Å²) in [6.45, 7) is 4.73. The van der Waals surface area contributed by atoms with Crippen molar-refractivity contribution in [3.05, 3.63) is 59.7 Å². The summed E-state index contributed by atoms with van der Waals surface area (Å²) in [6, 6.07) is 10.6. The average Bonchev–Trinajstić information content (AvgIpc) is 2.78. The summed E-state index contributed by atoms with van der Waals surface area (Å²) in [5.74, 6) is -1.04. The fraction of sp³-hybridized carbons (Fsp3) is 0.375. The molecule has 6 nitrogen and oxygen atoms in total. The Labute approximate surface area is 190 Å². The van der Waals surface area contributed by atoms with Crippen LogP contribution < -0.4 is 10.6 Å². The fourth-order valence-electron chi connectivity index (χ4n) is 3.69. The van der Waals surface area contributed by atoms with Crippen LogP contribution in [-0.4, -0.2) is 35.7 Å². The van der Waals surface area contributed by atoms with Gasteiger partial charge in [0.1, 0.15) is 0 Å². The van der Waals surface area contributed by atoms with E-state index in [-0.39, 0.29) is 34.9 Å². The Balaban J connectivity index is 1.60. The van der Waals surface area contributed by atoms with Crippen molar-refractivity contribution in [1.29, 1.82) is 0 Å². The van der Waals surface area contributed by atoms with Gasteiger partial charge in [-0.25, -0.2) is 0 Å².